The topological polar surface area (TPSA) is 42.1 Å². The monoisotopic (exact) mass is 223 g/mol. The summed E-state index contributed by atoms with van der Waals surface area (Å²) in [5.74, 6) is 1.01. The van der Waals surface area contributed by atoms with Crippen LogP contribution in [0.3, 0.4) is 0 Å². The second kappa shape index (κ2) is 4.31. The number of pyridine rings is 1. The highest BCUT2D eigenvalue weighted by Crippen LogP contribution is 2.27. The average molecular weight is 223 g/mol. The Morgan fingerprint density at radius 2 is 2.07 bits per heavy atom. The van der Waals surface area contributed by atoms with Crippen molar-refractivity contribution < 1.29 is 0 Å². The summed E-state index contributed by atoms with van der Waals surface area (Å²) in [6, 6.07) is 3.78. The van der Waals surface area contributed by atoms with Gasteiger partial charge in [-0.25, -0.2) is 4.98 Å². The molecule has 0 radical (unpaired) electrons. The molecule has 0 bridgehead atoms. The maximum Gasteiger partial charge on any atom is 0.130 e. The molecule has 82 valence electrons. The second-order valence-electron chi connectivity index (χ2n) is 4.11. The van der Waals surface area contributed by atoms with Crippen LogP contribution in [0.4, 0.5) is 11.5 Å². The molecule has 0 aliphatic carbocycles. The van der Waals surface area contributed by atoms with Gasteiger partial charge >= 0.3 is 0 Å². The van der Waals surface area contributed by atoms with E-state index in [1.54, 1.807) is 6.20 Å². The quantitative estimate of drug-likeness (QED) is 0.790. The fraction of sp³-hybridized carbons (Fsp3) is 0.545. The number of nitrogens with two attached hydrogens (primary N) is 1. The number of thioether (sulfide) groups is 1. The standard InChI is InChI=1S/C11H17N3S/c1-8-6-14(7-9(2)15-8)11-5-10(12)3-4-13-11/h3-5,8-9H,6-7H2,1-2H3,(H2,12,13). The molecule has 2 atom stereocenters. The maximum atomic E-state index is 5.76. The third kappa shape index (κ3) is 2.56. The molecule has 1 aromatic heterocycles. The van der Waals surface area contributed by atoms with E-state index in [1.807, 2.05) is 23.9 Å². The summed E-state index contributed by atoms with van der Waals surface area (Å²) < 4.78 is 0. The van der Waals surface area contributed by atoms with Crippen LogP contribution in [0.15, 0.2) is 18.3 Å². The van der Waals surface area contributed by atoms with E-state index in [4.69, 9.17) is 5.73 Å². The van der Waals surface area contributed by atoms with Gasteiger partial charge in [-0.05, 0) is 6.07 Å². The maximum absolute atomic E-state index is 5.76. The molecule has 1 saturated heterocycles. The first kappa shape index (κ1) is 10.6. The van der Waals surface area contributed by atoms with Gasteiger partial charge in [0.05, 0.1) is 0 Å². The van der Waals surface area contributed by atoms with Gasteiger partial charge in [-0.15, -0.1) is 0 Å². The van der Waals surface area contributed by atoms with Crippen LogP contribution in [0.1, 0.15) is 13.8 Å². The molecular weight excluding hydrogens is 206 g/mol. The van der Waals surface area contributed by atoms with Crippen molar-refractivity contribution in [1.82, 2.24) is 4.98 Å². The zero-order valence-corrected chi connectivity index (χ0v) is 10.00. The van der Waals surface area contributed by atoms with E-state index in [0.717, 1.165) is 24.6 Å². The Hall–Kier alpha value is -0.900. The highest BCUT2D eigenvalue weighted by Gasteiger charge is 2.22. The van der Waals surface area contributed by atoms with Crippen LogP contribution in [-0.4, -0.2) is 28.6 Å². The van der Waals surface area contributed by atoms with Gasteiger partial charge in [0.25, 0.3) is 0 Å². The first-order chi connectivity index (χ1) is 7.15. The van der Waals surface area contributed by atoms with Crippen LogP contribution in [-0.2, 0) is 0 Å². The van der Waals surface area contributed by atoms with Crippen molar-refractivity contribution in [2.45, 2.75) is 24.3 Å². The first-order valence-corrected chi connectivity index (χ1v) is 6.21. The molecule has 2 heterocycles. The lowest BCUT2D eigenvalue weighted by molar-refractivity contribution is 0.719. The fourth-order valence-corrected chi connectivity index (χ4v) is 3.30. The molecule has 1 aliphatic heterocycles. The molecule has 2 N–H and O–H groups in total. The van der Waals surface area contributed by atoms with Crippen molar-refractivity contribution in [2.24, 2.45) is 0 Å². The molecule has 1 aromatic rings. The number of hydrogen-bond donors (Lipinski definition) is 1. The lowest BCUT2D eigenvalue weighted by atomic mass is 10.3. The molecular formula is C11H17N3S. The van der Waals surface area contributed by atoms with Crippen LogP contribution >= 0.6 is 11.8 Å². The molecule has 1 fully saturated rings. The first-order valence-electron chi connectivity index (χ1n) is 5.27. The van der Waals surface area contributed by atoms with Crippen LogP contribution in [0.2, 0.25) is 0 Å². The van der Waals surface area contributed by atoms with Crippen LogP contribution in [0.25, 0.3) is 0 Å². The van der Waals surface area contributed by atoms with Crippen LogP contribution in [0.5, 0.6) is 0 Å². The van der Waals surface area contributed by atoms with Crippen molar-refractivity contribution in [2.75, 3.05) is 23.7 Å². The van der Waals surface area contributed by atoms with Gasteiger partial charge in [0.2, 0.25) is 0 Å². The summed E-state index contributed by atoms with van der Waals surface area (Å²) >= 11 is 2.04. The third-order valence-electron chi connectivity index (χ3n) is 2.51. The Bertz CT molecular complexity index is 332. The second-order valence-corrected chi connectivity index (χ2v) is 5.99. The molecule has 2 rings (SSSR count). The van der Waals surface area contributed by atoms with Crippen molar-refractivity contribution in [1.29, 1.82) is 0 Å². The van der Waals surface area contributed by atoms with Crippen LogP contribution < -0.4 is 10.6 Å². The van der Waals surface area contributed by atoms with E-state index >= 15 is 0 Å². The predicted octanol–water partition coefficient (Wildman–Crippen LogP) is 1.99. The lowest BCUT2D eigenvalue weighted by Gasteiger charge is -2.35. The van der Waals surface area contributed by atoms with Crippen molar-refractivity contribution in [3.63, 3.8) is 0 Å². The minimum Gasteiger partial charge on any atom is -0.399 e. The SMILES string of the molecule is CC1CN(c2cc(N)ccn2)CC(C)S1. The Morgan fingerprint density at radius 1 is 1.40 bits per heavy atom. The summed E-state index contributed by atoms with van der Waals surface area (Å²) in [5.41, 5.74) is 6.55. The molecule has 0 amide bonds. The zero-order valence-electron chi connectivity index (χ0n) is 9.18. The molecule has 0 saturated carbocycles. The molecule has 0 spiro atoms. The number of nitrogen functional groups attached to an aromatic ring is 1. The normalized spacial score (nSPS) is 26.7. The largest absolute Gasteiger partial charge is 0.399 e. The van der Waals surface area contributed by atoms with Gasteiger partial charge in [-0.1, -0.05) is 13.8 Å². The number of nitrogens with zero attached hydrogens (tertiary/aromatic N) is 2. The van der Waals surface area contributed by atoms with Crippen molar-refractivity contribution in [3.05, 3.63) is 18.3 Å². The molecule has 2 unspecified atom stereocenters. The minimum atomic E-state index is 0.664. The summed E-state index contributed by atoms with van der Waals surface area (Å²) in [7, 11) is 0. The third-order valence-corrected chi connectivity index (χ3v) is 3.74. The Balaban J connectivity index is 2.16. The fourth-order valence-electron chi connectivity index (χ4n) is 1.97. The minimum absolute atomic E-state index is 0.664. The number of rotatable bonds is 1. The smallest absolute Gasteiger partial charge is 0.130 e. The summed E-state index contributed by atoms with van der Waals surface area (Å²) in [5, 5.41) is 1.33. The van der Waals surface area contributed by atoms with E-state index in [9.17, 15) is 0 Å². The van der Waals surface area contributed by atoms with E-state index < -0.39 is 0 Å². The Kier molecular flexibility index (Phi) is 3.05. The highest BCUT2D eigenvalue weighted by molar-refractivity contribution is 8.00. The van der Waals surface area contributed by atoms with Gasteiger partial charge in [0.15, 0.2) is 0 Å². The van der Waals surface area contributed by atoms with E-state index in [2.05, 4.69) is 23.7 Å². The van der Waals surface area contributed by atoms with E-state index in [-0.39, 0.29) is 0 Å². The number of hydrogen-bond acceptors (Lipinski definition) is 4. The summed E-state index contributed by atoms with van der Waals surface area (Å²) in [6.07, 6.45) is 1.78. The van der Waals surface area contributed by atoms with E-state index in [0.29, 0.717) is 10.5 Å². The van der Waals surface area contributed by atoms with Gasteiger partial charge in [0, 0.05) is 41.5 Å². The molecule has 0 aromatic carbocycles. The zero-order chi connectivity index (χ0) is 10.8. The molecule has 3 nitrogen and oxygen atoms in total. The van der Waals surface area contributed by atoms with Gasteiger partial charge in [-0.3, -0.25) is 0 Å². The predicted molar refractivity (Wildman–Crippen MR) is 67.4 cm³/mol. The molecule has 15 heavy (non-hydrogen) atoms. The number of aromatic nitrogens is 1. The average Bonchev–Trinajstić information content (AvgIpc) is 2.16. The van der Waals surface area contributed by atoms with Crippen molar-refractivity contribution in [3.8, 4) is 0 Å². The van der Waals surface area contributed by atoms with Crippen LogP contribution in [0, 0.1) is 0 Å². The molecule has 4 heteroatoms. The Morgan fingerprint density at radius 3 is 2.67 bits per heavy atom. The van der Waals surface area contributed by atoms with Gasteiger partial charge in [-0.2, -0.15) is 11.8 Å². The summed E-state index contributed by atoms with van der Waals surface area (Å²) in [6.45, 7) is 6.65. The van der Waals surface area contributed by atoms with Gasteiger partial charge in [0.1, 0.15) is 5.82 Å². The van der Waals surface area contributed by atoms with Gasteiger partial charge < -0.3 is 10.6 Å². The number of anilines is 2. The highest BCUT2D eigenvalue weighted by atomic mass is 32.2. The lowest BCUT2D eigenvalue weighted by Crippen LogP contribution is -2.40. The van der Waals surface area contributed by atoms with E-state index in [1.165, 1.54) is 0 Å². The Labute approximate surface area is 95.1 Å². The summed E-state index contributed by atoms with van der Waals surface area (Å²) in [4.78, 5) is 6.69. The van der Waals surface area contributed by atoms with Crippen molar-refractivity contribution >= 4 is 23.3 Å². The molecule has 1 aliphatic rings.